The van der Waals surface area contributed by atoms with Gasteiger partial charge in [-0.1, -0.05) is 6.92 Å². The number of aliphatic imine (C=N–C) groups is 1. The van der Waals surface area contributed by atoms with Gasteiger partial charge >= 0.3 is 7.60 Å². The van der Waals surface area contributed by atoms with Crippen LogP contribution in [0.5, 0.6) is 0 Å². The van der Waals surface area contributed by atoms with Crippen molar-refractivity contribution >= 4 is 13.3 Å². The quantitative estimate of drug-likeness (QED) is 0.625. The van der Waals surface area contributed by atoms with E-state index in [9.17, 15) is 4.57 Å². The van der Waals surface area contributed by atoms with Gasteiger partial charge in [-0.05, 0) is 20.3 Å². The Labute approximate surface area is 78.9 Å². The summed E-state index contributed by atoms with van der Waals surface area (Å²) >= 11 is 0. The second-order valence-electron chi connectivity index (χ2n) is 2.72. The van der Waals surface area contributed by atoms with Gasteiger partial charge in [0.2, 0.25) is 0 Å². The molecule has 1 aliphatic rings. The fraction of sp³-hybridized carbons (Fsp3) is 0.875. The van der Waals surface area contributed by atoms with Crippen LogP contribution in [0, 0.1) is 0 Å². The maximum atomic E-state index is 12.0. The van der Waals surface area contributed by atoms with Gasteiger partial charge in [0.1, 0.15) is 0 Å². The maximum Gasteiger partial charge on any atom is 0.360 e. The molecule has 0 aromatic carbocycles. The first-order valence-corrected chi connectivity index (χ1v) is 6.24. The summed E-state index contributed by atoms with van der Waals surface area (Å²) in [5, 5.41) is 0. The van der Waals surface area contributed by atoms with Crippen LogP contribution in [0.4, 0.5) is 0 Å². The van der Waals surface area contributed by atoms with Crippen LogP contribution in [0.15, 0.2) is 4.99 Å². The summed E-state index contributed by atoms with van der Waals surface area (Å²) in [6, 6.07) is 0. The third-order valence-corrected chi connectivity index (χ3v) is 4.05. The summed E-state index contributed by atoms with van der Waals surface area (Å²) < 4.78 is 22.3. The third-order valence-electron chi connectivity index (χ3n) is 1.80. The fourth-order valence-electron chi connectivity index (χ4n) is 1.19. The van der Waals surface area contributed by atoms with Crippen molar-refractivity contribution in [3.8, 4) is 0 Å². The molecule has 0 spiro atoms. The number of rotatable bonds is 6. The molecule has 0 aliphatic carbocycles. The van der Waals surface area contributed by atoms with E-state index in [1.54, 1.807) is 13.8 Å². The van der Waals surface area contributed by atoms with Crippen LogP contribution in [-0.4, -0.2) is 24.7 Å². The zero-order valence-corrected chi connectivity index (χ0v) is 9.21. The van der Waals surface area contributed by atoms with Gasteiger partial charge in [-0.2, -0.15) is 0 Å². The molecule has 5 heteroatoms. The normalized spacial score (nSPS) is 21.5. The Balaban J connectivity index is 2.54. The SMILES string of the molecule is CCOP(=O)(OCC)C1N=C1CC. The van der Waals surface area contributed by atoms with Gasteiger partial charge in [0.15, 0.2) is 5.78 Å². The highest BCUT2D eigenvalue weighted by molar-refractivity contribution is 7.56. The van der Waals surface area contributed by atoms with Crippen molar-refractivity contribution in [3.05, 3.63) is 0 Å². The molecule has 13 heavy (non-hydrogen) atoms. The van der Waals surface area contributed by atoms with Crippen LogP contribution in [0.3, 0.4) is 0 Å². The molecule has 0 aromatic rings. The average Bonchev–Trinajstić information content (AvgIpc) is 2.84. The zero-order valence-electron chi connectivity index (χ0n) is 8.32. The summed E-state index contributed by atoms with van der Waals surface area (Å²) in [7, 11) is -2.96. The predicted molar refractivity (Wildman–Crippen MR) is 52.4 cm³/mol. The maximum absolute atomic E-state index is 12.0. The molecular weight excluding hydrogens is 189 g/mol. The molecule has 76 valence electrons. The minimum atomic E-state index is -2.96. The highest BCUT2D eigenvalue weighted by atomic mass is 31.2. The van der Waals surface area contributed by atoms with Gasteiger partial charge in [-0.3, -0.25) is 9.56 Å². The summed E-state index contributed by atoms with van der Waals surface area (Å²) in [6.07, 6.45) is 0.828. The molecule has 1 unspecified atom stereocenters. The van der Waals surface area contributed by atoms with E-state index >= 15 is 0 Å². The van der Waals surface area contributed by atoms with Gasteiger partial charge in [-0.15, -0.1) is 0 Å². The first-order chi connectivity index (χ1) is 6.18. The molecule has 0 aromatic heterocycles. The second-order valence-corrected chi connectivity index (χ2v) is 4.81. The standard InChI is InChI=1S/C8H16NO3P/c1-4-7-8(9-7)13(10,11-5-2)12-6-3/h8H,4-6H2,1-3H3. The summed E-state index contributed by atoms with van der Waals surface area (Å²) in [4.78, 5) is 4.09. The summed E-state index contributed by atoms with van der Waals surface area (Å²) in [5.74, 6) is -0.280. The van der Waals surface area contributed by atoms with E-state index < -0.39 is 7.60 Å². The average molecular weight is 205 g/mol. The van der Waals surface area contributed by atoms with Crippen LogP contribution >= 0.6 is 7.60 Å². The summed E-state index contributed by atoms with van der Waals surface area (Å²) in [5.41, 5.74) is 0.949. The molecule has 0 N–H and O–H groups in total. The molecule has 0 fully saturated rings. The highest BCUT2D eigenvalue weighted by Crippen LogP contribution is 2.58. The Bertz CT molecular complexity index is 242. The predicted octanol–water partition coefficient (Wildman–Crippen LogP) is 2.44. The van der Waals surface area contributed by atoms with Gasteiger partial charge < -0.3 is 9.05 Å². The molecule has 0 bridgehead atoms. The van der Waals surface area contributed by atoms with E-state index in [4.69, 9.17) is 9.05 Å². The van der Waals surface area contributed by atoms with Crippen molar-refractivity contribution in [1.82, 2.24) is 0 Å². The van der Waals surface area contributed by atoms with Crippen LogP contribution in [0.1, 0.15) is 27.2 Å². The lowest BCUT2D eigenvalue weighted by Gasteiger charge is -2.15. The Morgan fingerprint density at radius 3 is 2.15 bits per heavy atom. The fourth-order valence-corrected chi connectivity index (χ4v) is 3.10. The first-order valence-electron chi connectivity index (χ1n) is 4.63. The largest absolute Gasteiger partial charge is 0.360 e. The van der Waals surface area contributed by atoms with Gasteiger partial charge in [0.25, 0.3) is 0 Å². The Morgan fingerprint density at radius 2 is 1.85 bits per heavy atom. The Morgan fingerprint density at radius 1 is 1.31 bits per heavy atom. The topological polar surface area (TPSA) is 47.9 Å². The lowest BCUT2D eigenvalue weighted by Crippen LogP contribution is -2.05. The van der Waals surface area contributed by atoms with Crippen molar-refractivity contribution in [1.29, 1.82) is 0 Å². The molecule has 0 radical (unpaired) electrons. The Hall–Kier alpha value is -0.180. The van der Waals surface area contributed by atoms with Crippen LogP contribution in [-0.2, 0) is 13.6 Å². The van der Waals surface area contributed by atoms with Crippen molar-refractivity contribution in [2.24, 2.45) is 4.99 Å². The first kappa shape index (κ1) is 10.9. The van der Waals surface area contributed by atoms with Gasteiger partial charge in [0, 0.05) is 0 Å². The molecule has 0 amide bonds. The molecule has 1 atom stereocenters. The third kappa shape index (κ3) is 2.39. The molecule has 0 saturated heterocycles. The molecular formula is C8H16NO3P. The number of hydrogen-bond acceptors (Lipinski definition) is 4. The minimum absolute atomic E-state index is 0.280. The Kier molecular flexibility index (Phi) is 3.65. The lowest BCUT2D eigenvalue weighted by molar-refractivity contribution is 0.219. The lowest BCUT2D eigenvalue weighted by atomic mass is 10.4. The monoisotopic (exact) mass is 205 g/mol. The van der Waals surface area contributed by atoms with E-state index in [1.165, 1.54) is 0 Å². The smallest absolute Gasteiger partial charge is 0.307 e. The number of nitrogens with zero attached hydrogens (tertiary/aromatic N) is 1. The molecule has 0 saturated carbocycles. The number of hydrogen-bond donors (Lipinski definition) is 0. The minimum Gasteiger partial charge on any atom is -0.307 e. The molecule has 4 nitrogen and oxygen atoms in total. The van der Waals surface area contributed by atoms with Crippen LogP contribution in [0.25, 0.3) is 0 Å². The van der Waals surface area contributed by atoms with Crippen molar-refractivity contribution in [3.63, 3.8) is 0 Å². The van der Waals surface area contributed by atoms with Gasteiger partial charge in [-0.25, -0.2) is 0 Å². The van der Waals surface area contributed by atoms with Crippen molar-refractivity contribution in [2.75, 3.05) is 13.2 Å². The van der Waals surface area contributed by atoms with Crippen LogP contribution < -0.4 is 0 Å². The second kappa shape index (κ2) is 4.36. The van der Waals surface area contributed by atoms with Crippen LogP contribution in [0.2, 0.25) is 0 Å². The molecule has 1 aliphatic heterocycles. The van der Waals surface area contributed by atoms with E-state index in [2.05, 4.69) is 4.99 Å². The van der Waals surface area contributed by atoms with Crippen molar-refractivity contribution < 1.29 is 13.6 Å². The zero-order chi connectivity index (χ0) is 9.90. The highest BCUT2D eigenvalue weighted by Gasteiger charge is 2.46. The molecule has 1 rings (SSSR count). The summed E-state index contributed by atoms with van der Waals surface area (Å²) in [6.45, 7) is 6.40. The van der Waals surface area contributed by atoms with Gasteiger partial charge in [0.05, 0.1) is 18.9 Å². The van der Waals surface area contributed by atoms with Crippen molar-refractivity contribution in [2.45, 2.75) is 33.0 Å². The van der Waals surface area contributed by atoms with E-state index in [0.29, 0.717) is 13.2 Å². The van der Waals surface area contributed by atoms with E-state index in [1.807, 2.05) is 6.92 Å². The molecule has 1 heterocycles. The van der Waals surface area contributed by atoms with E-state index in [-0.39, 0.29) is 5.78 Å². The van der Waals surface area contributed by atoms with E-state index in [0.717, 1.165) is 12.1 Å².